The van der Waals surface area contributed by atoms with Crippen molar-refractivity contribution >= 4 is 46.8 Å². The van der Waals surface area contributed by atoms with Crippen LogP contribution in [0.3, 0.4) is 0 Å². The van der Waals surface area contributed by atoms with Crippen molar-refractivity contribution < 1.29 is 23.4 Å². The van der Waals surface area contributed by atoms with Gasteiger partial charge in [-0.05, 0) is 71.7 Å². The van der Waals surface area contributed by atoms with Crippen LogP contribution in [0.25, 0.3) is 6.08 Å². The normalized spacial score (nSPS) is 13.4. The Morgan fingerprint density at radius 2 is 1.58 bits per heavy atom. The largest absolute Gasteiger partial charge is 0.493 e. The first-order valence-electron chi connectivity index (χ1n) is 16.9. The van der Waals surface area contributed by atoms with E-state index >= 15 is 0 Å². The number of aryl methyl sites for hydroxylation is 1. The molecule has 1 aliphatic rings. The summed E-state index contributed by atoms with van der Waals surface area (Å²) in [5.74, 6) is 1.62. The van der Waals surface area contributed by atoms with Crippen LogP contribution in [0.4, 0.5) is 4.39 Å². The molecule has 0 N–H and O–H groups in total. The Kier molecular flexibility index (Phi) is 12.7. The summed E-state index contributed by atoms with van der Waals surface area (Å²) in [7, 11) is 0. The van der Waals surface area contributed by atoms with Crippen molar-refractivity contribution in [3.8, 4) is 23.1 Å². The number of ether oxygens (including phenoxy) is 3. The van der Waals surface area contributed by atoms with Crippen molar-refractivity contribution in [2.45, 2.75) is 26.5 Å². The van der Waals surface area contributed by atoms with E-state index in [-0.39, 0.29) is 18.3 Å². The van der Waals surface area contributed by atoms with Crippen molar-refractivity contribution in [1.29, 1.82) is 0 Å². The highest BCUT2D eigenvalue weighted by Gasteiger charge is 2.20. The van der Waals surface area contributed by atoms with Crippen molar-refractivity contribution in [3.63, 3.8) is 0 Å². The number of rotatable bonds is 13. The molecule has 11 heteroatoms. The lowest BCUT2D eigenvalue weighted by Crippen LogP contribution is -2.47. The van der Waals surface area contributed by atoms with Crippen LogP contribution in [0.15, 0.2) is 103 Å². The summed E-state index contributed by atoms with van der Waals surface area (Å²) in [5, 5.41) is 1.38. The van der Waals surface area contributed by atoms with E-state index in [1.807, 2.05) is 24.0 Å². The van der Waals surface area contributed by atoms with E-state index in [0.29, 0.717) is 63.5 Å². The Morgan fingerprint density at radius 3 is 2.29 bits per heavy atom. The van der Waals surface area contributed by atoms with Crippen molar-refractivity contribution in [1.82, 2.24) is 14.8 Å². The summed E-state index contributed by atoms with van der Waals surface area (Å²) in [4.78, 5) is 21.6. The minimum absolute atomic E-state index is 0.0392. The van der Waals surface area contributed by atoms with Gasteiger partial charge in [0, 0.05) is 62.9 Å². The summed E-state index contributed by atoms with van der Waals surface area (Å²) in [5.41, 5.74) is 4.46. The number of pyridine rings is 1. The molecule has 6 rings (SSSR count). The number of nitrogens with zero attached hydrogens (tertiary/aromatic N) is 3. The van der Waals surface area contributed by atoms with E-state index in [4.69, 9.17) is 49.0 Å². The van der Waals surface area contributed by atoms with Crippen molar-refractivity contribution in [2.24, 2.45) is 0 Å². The number of hydrogen-bond donors (Lipinski definition) is 0. The predicted molar refractivity (Wildman–Crippen MR) is 204 cm³/mol. The van der Waals surface area contributed by atoms with E-state index in [1.54, 1.807) is 60.7 Å². The molecule has 0 aliphatic carbocycles. The van der Waals surface area contributed by atoms with Crippen LogP contribution in [0.5, 0.6) is 23.1 Å². The topological polar surface area (TPSA) is 64.1 Å². The number of carbonyl (C=O) groups excluding carboxylic acids is 1. The molecular weight excluding hydrogens is 724 g/mol. The summed E-state index contributed by atoms with van der Waals surface area (Å²) >= 11 is 18.6. The number of benzene rings is 4. The van der Waals surface area contributed by atoms with Gasteiger partial charge in [-0.15, -0.1) is 0 Å². The summed E-state index contributed by atoms with van der Waals surface area (Å²) < 4.78 is 31.3. The molecule has 2 heterocycles. The van der Waals surface area contributed by atoms with Crippen LogP contribution in [0, 0.1) is 12.7 Å². The van der Waals surface area contributed by atoms with E-state index in [9.17, 15) is 9.18 Å². The van der Waals surface area contributed by atoms with Gasteiger partial charge in [-0.3, -0.25) is 9.69 Å². The number of hydrogen-bond acceptors (Lipinski definition) is 6. The average molecular weight is 761 g/mol. The third-order valence-electron chi connectivity index (χ3n) is 8.60. The van der Waals surface area contributed by atoms with Crippen LogP contribution < -0.4 is 14.2 Å². The van der Waals surface area contributed by atoms with Gasteiger partial charge in [-0.2, -0.15) is 0 Å². The highest BCUT2D eigenvalue weighted by molar-refractivity contribution is 6.42. The van der Waals surface area contributed by atoms with Crippen LogP contribution in [-0.4, -0.2) is 53.5 Å². The lowest BCUT2D eigenvalue weighted by molar-refractivity contribution is -0.127. The molecule has 0 bridgehead atoms. The zero-order valence-corrected chi connectivity index (χ0v) is 30.8. The van der Waals surface area contributed by atoms with Gasteiger partial charge in [-0.25, -0.2) is 9.37 Å². The first kappa shape index (κ1) is 37.2. The van der Waals surface area contributed by atoms with Crippen molar-refractivity contribution in [3.05, 3.63) is 152 Å². The molecular formula is C41H37Cl3FN3O4. The second kappa shape index (κ2) is 17.8. The van der Waals surface area contributed by atoms with Gasteiger partial charge >= 0.3 is 0 Å². The van der Waals surface area contributed by atoms with Crippen LogP contribution in [-0.2, 0) is 24.4 Å². The minimum atomic E-state index is -0.321. The number of amides is 1. The zero-order chi connectivity index (χ0) is 36.5. The maximum Gasteiger partial charge on any atom is 0.246 e. The summed E-state index contributed by atoms with van der Waals surface area (Å²) in [6, 6.07) is 27.3. The third-order valence-corrected chi connectivity index (χ3v) is 9.62. The molecule has 1 fully saturated rings. The lowest BCUT2D eigenvalue weighted by atomic mass is 10.1. The fourth-order valence-electron chi connectivity index (χ4n) is 5.70. The Balaban J connectivity index is 0.933. The smallest absolute Gasteiger partial charge is 0.246 e. The van der Waals surface area contributed by atoms with Gasteiger partial charge in [0.25, 0.3) is 0 Å². The van der Waals surface area contributed by atoms with Gasteiger partial charge in [0.1, 0.15) is 23.9 Å². The predicted octanol–water partition coefficient (Wildman–Crippen LogP) is 9.84. The molecule has 268 valence electrons. The van der Waals surface area contributed by atoms with Gasteiger partial charge in [0.05, 0.1) is 27.9 Å². The molecule has 0 unspecified atom stereocenters. The van der Waals surface area contributed by atoms with E-state index in [1.165, 1.54) is 23.4 Å². The molecule has 0 radical (unpaired) electrons. The Morgan fingerprint density at radius 1 is 0.827 bits per heavy atom. The molecule has 0 atom stereocenters. The van der Waals surface area contributed by atoms with Gasteiger partial charge in [0.15, 0.2) is 5.75 Å². The second-order valence-electron chi connectivity index (χ2n) is 12.4. The number of aromatic nitrogens is 1. The lowest BCUT2D eigenvalue weighted by Gasteiger charge is -2.34. The third kappa shape index (κ3) is 10.3. The molecule has 5 aromatic rings. The van der Waals surface area contributed by atoms with Gasteiger partial charge in [0.2, 0.25) is 11.8 Å². The zero-order valence-electron chi connectivity index (χ0n) is 28.5. The first-order chi connectivity index (χ1) is 25.2. The molecule has 1 aromatic heterocycles. The Labute approximate surface area is 318 Å². The highest BCUT2D eigenvalue weighted by Crippen LogP contribution is 2.34. The molecule has 1 saturated heterocycles. The maximum atomic E-state index is 13.9. The summed E-state index contributed by atoms with van der Waals surface area (Å²) in [6.07, 6.45) is 5.66. The van der Waals surface area contributed by atoms with E-state index < -0.39 is 0 Å². The fraction of sp³-hybridized carbons (Fsp3) is 0.220. The number of halogens is 4. The SMILES string of the molecule is Cc1cc(/C=C/C(=O)N2CCN(Cc3ccc(CCOc4ccc(Cl)c(Cl)c4)cc3)CC2)cc(Cl)c1Oc1ccc(OCc2ccccc2F)cn1. The molecule has 1 amide bonds. The van der Waals surface area contributed by atoms with Gasteiger partial charge in [-0.1, -0.05) is 77.3 Å². The monoisotopic (exact) mass is 759 g/mol. The van der Waals surface area contributed by atoms with Crippen LogP contribution in [0.2, 0.25) is 15.1 Å². The van der Waals surface area contributed by atoms with Crippen molar-refractivity contribution in [2.75, 3.05) is 32.8 Å². The molecule has 0 spiro atoms. The maximum absolute atomic E-state index is 13.9. The fourth-order valence-corrected chi connectivity index (χ4v) is 6.30. The first-order valence-corrected chi connectivity index (χ1v) is 18.0. The van der Waals surface area contributed by atoms with E-state index in [0.717, 1.165) is 37.2 Å². The molecule has 0 saturated carbocycles. The second-order valence-corrected chi connectivity index (χ2v) is 13.6. The van der Waals surface area contributed by atoms with E-state index in [2.05, 4.69) is 34.1 Å². The van der Waals surface area contributed by atoms with Crippen LogP contribution in [0.1, 0.15) is 27.8 Å². The molecule has 7 nitrogen and oxygen atoms in total. The minimum Gasteiger partial charge on any atom is -0.493 e. The average Bonchev–Trinajstić information content (AvgIpc) is 3.15. The van der Waals surface area contributed by atoms with Gasteiger partial charge < -0.3 is 19.1 Å². The molecule has 4 aromatic carbocycles. The number of piperazine rings is 1. The summed E-state index contributed by atoms with van der Waals surface area (Å²) in [6.45, 7) is 6.23. The standard InChI is InChI=1S/C41H37Cl3FN3O4/c1-28-22-31(23-37(44)41(28)52-39-14-12-34(25-46-39)51-27-32-4-2-3-5-38(32)45)10-15-40(49)48-19-17-47(18-20-48)26-30-8-6-29(7-9-30)16-21-50-33-11-13-35(42)36(43)24-33/h2-15,22-25H,16-21,26-27H2,1H3/b15-10+. The highest BCUT2D eigenvalue weighted by atomic mass is 35.5. The molecule has 1 aliphatic heterocycles. The quantitative estimate of drug-likeness (QED) is 0.111. The van der Waals surface area contributed by atoms with Crippen LogP contribution >= 0.6 is 34.8 Å². The number of carbonyl (C=O) groups is 1. The Bertz CT molecular complexity index is 1990. The Hall–Kier alpha value is -4.60. The molecule has 52 heavy (non-hydrogen) atoms.